The fraction of sp³-hybridized carbons (Fsp3) is 0.385. The van der Waals surface area contributed by atoms with E-state index in [1.807, 2.05) is 25.1 Å². The smallest absolute Gasteiger partial charge is 0.240 e. The minimum absolute atomic E-state index is 0.0416. The average Bonchev–Trinajstić information content (AvgIpc) is 2.85. The van der Waals surface area contributed by atoms with Crippen molar-refractivity contribution in [1.29, 1.82) is 0 Å². The van der Waals surface area contributed by atoms with Crippen molar-refractivity contribution >= 4 is 38.9 Å². The lowest BCUT2D eigenvalue weighted by molar-refractivity contribution is 0.313. The summed E-state index contributed by atoms with van der Waals surface area (Å²) in [5.41, 5.74) is 3.61. The lowest BCUT2D eigenvalue weighted by Crippen LogP contribution is -2.44. The van der Waals surface area contributed by atoms with Gasteiger partial charge in [0.25, 0.3) is 0 Å². The van der Waals surface area contributed by atoms with Gasteiger partial charge in [-0.25, -0.2) is 18.1 Å². The Balaban J connectivity index is 1.27. The standard InChI is InChI=1S/C26H33N7O2S/c1-19-18-27-26(29-20-9-11-23(12-10-20)33-15-13-32(2)14-16-33)30-25(19)28-22-7-4-8-24(17-22)36(34,35)31-21-5-3-6-21/h4,7-12,17-18,21,31H,3,5-6,13-16H2,1-2H3,(H2,27,28,29,30). The molecule has 0 amide bonds. The first-order valence-corrected chi connectivity index (χ1v) is 13.9. The van der Waals surface area contributed by atoms with Gasteiger partial charge in [-0.2, -0.15) is 4.98 Å². The number of rotatable bonds is 8. The molecule has 0 spiro atoms. The highest BCUT2D eigenvalue weighted by Gasteiger charge is 2.24. The van der Waals surface area contributed by atoms with Gasteiger partial charge in [0.05, 0.1) is 4.90 Å². The molecule has 3 aromatic rings. The third-order valence-corrected chi connectivity index (χ3v) is 8.32. The van der Waals surface area contributed by atoms with Crippen LogP contribution in [0.1, 0.15) is 24.8 Å². The first-order chi connectivity index (χ1) is 17.4. The summed E-state index contributed by atoms with van der Waals surface area (Å²) in [6, 6.07) is 15.1. The predicted octanol–water partition coefficient (Wildman–Crippen LogP) is 3.85. The van der Waals surface area contributed by atoms with E-state index < -0.39 is 10.0 Å². The van der Waals surface area contributed by atoms with Crippen molar-refractivity contribution in [3.63, 3.8) is 0 Å². The maximum absolute atomic E-state index is 12.7. The van der Waals surface area contributed by atoms with Gasteiger partial charge in [-0.15, -0.1) is 0 Å². The first-order valence-electron chi connectivity index (χ1n) is 12.4. The minimum atomic E-state index is -3.55. The number of likely N-dealkylation sites (N-methyl/N-ethyl adjacent to an activating group) is 1. The lowest BCUT2D eigenvalue weighted by Gasteiger charge is -2.34. The van der Waals surface area contributed by atoms with Crippen molar-refractivity contribution in [1.82, 2.24) is 19.6 Å². The fourth-order valence-electron chi connectivity index (χ4n) is 4.27. The van der Waals surface area contributed by atoms with Gasteiger partial charge in [0.15, 0.2) is 0 Å². The summed E-state index contributed by atoms with van der Waals surface area (Å²) < 4.78 is 28.2. The van der Waals surface area contributed by atoms with Gasteiger partial charge in [-0.3, -0.25) is 0 Å². The number of hydrogen-bond donors (Lipinski definition) is 3. The number of piperazine rings is 1. The minimum Gasteiger partial charge on any atom is -0.369 e. The molecular weight excluding hydrogens is 474 g/mol. The van der Waals surface area contributed by atoms with Gasteiger partial charge in [0, 0.05) is 61.0 Å². The monoisotopic (exact) mass is 507 g/mol. The van der Waals surface area contributed by atoms with E-state index in [9.17, 15) is 8.42 Å². The largest absolute Gasteiger partial charge is 0.369 e. The number of anilines is 5. The molecule has 0 unspecified atom stereocenters. The summed E-state index contributed by atoms with van der Waals surface area (Å²) >= 11 is 0. The molecule has 1 saturated heterocycles. The Kier molecular flexibility index (Phi) is 7.08. The van der Waals surface area contributed by atoms with Gasteiger partial charge >= 0.3 is 0 Å². The van der Waals surface area contributed by atoms with E-state index in [2.05, 4.69) is 54.3 Å². The van der Waals surface area contributed by atoms with Crippen LogP contribution in [-0.4, -0.2) is 62.6 Å². The molecule has 0 atom stereocenters. The fourth-order valence-corrected chi connectivity index (χ4v) is 5.62. The van der Waals surface area contributed by atoms with E-state index in [0.29, 0.717) is 17.5 Å². The van der Waals surface area contributed by atoms with Crippen molar-refractivity contribution < 1.29 is 8.42 Å². The highest BCUT2D eigenvalue weighted by atomic mass is 32.2. The Bertz CT molecular complexity index is 1300. The predicted molar refractivity (Wildman–Crippen MR) is 144 cm³/mol. The van der Waals surface area contributed by atoms with Crippen LogP contribution >= 0.6 is 0 Å². The Morgan fingerprint density at radius 3 is 2.39 bits per heavy atom. The number of benzene rings is 2. The molecule has 2 aliphatic rings. The number of hydrogen-bond acceptors (Lipinski definition) is 8. The second-order valence-corrected chi connectivity index (χ2v) is 11.3. The number of nitrogens with zero attached hydrogens (tertiary/aromatic N) is 4. The maximum Gasteiger partial charge on any atom is 0.240 e. The molecule has 0 bridgehead atoms. The molecule has 5 rings (SSSR count). The number of aromatic nitrogens is 2. The Morgan fingerprint density at radius 1 is 0.944 bits per heavy atom. The Morgan fingerprint density at radius 2 is 1.69 bits per heavy atom. The molecule has 0 radical (unpaired) electrons. The van der Waals surface area contributed by atoms with Crippen molar-refractivity contribution in [3.05, 3.63) is 60.3 Å². The zero-order valence-corrected chi connectivity index (χ0v) is 21.6. The van der Waals surface area contributed by atoms with E-state index >= 15 is 0 Å². The third-order valence-electron chi connectivity index (χ3n) is 6.80. The molecule has 190 valence electrons. The van der Waals surface area contributed by atoms with Gasteiger partial charge in [-0.1, -0.05) is 12.5 Å². The summed E-state index contributed by atoms with van der Waals surface area (Å²) in [5.74, 6) is 1.08. The summed E-state index contributed by atoms with van der Waals surface area (Å²) in [6.07, 6.45) is 4.60. The van der Waals surface area contributed by atoms with E-state index in [-0.39, 0.29) is 10.9 Å². The molecule has 2 aromatic carbocycles. The molecule has 3 N–H and O–H groups in total. The molecule has 1 aliphatic heterocycles. The van der Waals surface area contributed by atoms with Crippen LogP contribution in [0.3, 0.4) is 0 Å². The van der Waals surface area contributed by atoms with Crippen LogP contribution < -0.4 is 20.3 Å². The molecule has 2 heterocycles. The van der Waals surface area contributed by atoms with Crippen molar-refractivity contribution in [2.45, 2.75) is 37.1 Å². The van der Waals surface area contributed by atoms with Crippen molar-refractivity contribution in [3.8, 4) is 0 Å². The Hall–Kier alpha value is -3.21. The molecule has 36 heavy (non-hydrogen) atoms. The molecule has 1 aliphatic carbocycles. The Labute approximate surface area is 213 Å². The zero-order chi connectivity index (χ0) is 25.1. The molecular formula is C26H33N7O2S. The topological polar surface area (TPSA) is 102 Å². The number of nitrogens with one attached hydrogen (secondary N) is 3. The second kappa shape index (κ2) is 10.4. The van der Waals surface area contributed by atoms with Crippen LogP contribution in [0.15, 0.2) is 59.6 Å². The van der Waals surface area contributed by atoms with Crippen LogP contribution in [-0.2, 0) is 10.0 Å². The van der Waals surface area contributed by atoms with E-state index in [0.717, 1.165) is 56.7 Å². The molecule has 10 heteroatoms. The van der Waals surface area contributed by atoms with Crippen LogP contribution in [0.4, 0.5) is 28.8 Å². The highest BCUT2D eigenvalue weighted by Crippen LogP contribution is 2.26. The van der Waals surface area contributed by atoms with Gasteiger partial charge in [0.1, 0.15) is 5.82 Å². The second-order valence-electron chi connectivity index (χ2n) is 9.59. The van der Waals surface area contributed by atoms with E-state index in [1.54, 1.807) is 24.4 Å². The molecule has 2 fully saturated rings. The summed E-state index contributed by atoms with van der Waals surface area (Å²) in [4.78, 5) is 14.0. The van der Waals surface area contributed by atoms with Crippen LogP contribution in [0.2, 0.25) is 0 Å². The SMILES string of the molecule is Cc1cnc(Nc2ccc(N3CCN(C)CC3)cc2)nc1Nc1cccc(S(=O)(=O)NC2CCC2)c1. The zero-order valence-electron chi connectivity index (χ0n) is 20.7. The molecule has 9 nitrogen and oxygen atoms in total. The average molecular weight is 508 g/mol. The van der Waals surface area contributed by atoms with Crippen LogP contribution in [0, 0.1) is 6.92 Å². The highest BCUT2D eigenvalue weighted by molar-refractivity contribution is 7.89. The summed E-state index contributed by atoms with van der Waals surface area (Å²) in [7, 11) is -1.40. The number of sulfonamides is 1. The van der Waals surface area contributed by atoms with E-state index in [1.165, 1.54) is 5.69 Å². The molecule has 1 saturated carbocycles. The molecule has 1 aromatic heterocycles. The van der Waals surface area contributed by atoms with Crippen LogP contribution in [0.25, 0.3) is 0 Å². The summed E-state index contributed by atoms with van der Waals surface area (Å²) in [5, 5.41) is 6.52. The van der Waals surface area contributed by atoms with Crippen LogP contribution in [0.5, 0.6) is 0 Å². The summed E-state index contributed by atoms with van der Waals surface area (Å²) in [6.45, 7) is 6.10. The van der Waals surface area contributed by atoms with Crippen molar-refractivity contribution in [2.75, 3.05) is 48.8 Å². The maximum atomic E-state index is 12.7. The van der Waals surface area contributed by atoms with E-state index in [4.69, 9.17) is 0 Å². The normalized spacial score (nSPS) is 17.0. The van der Waals surface area contributed by atoms with Gasteiger partial charge in [-0.05, 0) is 69.3 Å². The van der Waals surface area contributed by atoms with Crippen molar-refractivity contribution in [2.24, 2.45) is 0 Å². The first kappa shape index (κ1) is 24.5. The third kappa shape index (κ3) is 5.77. The lowest BCUT2D eigenvalue weighted by atomic mass is 9.94. The number of aryl methyl sites for hydroxylation is 1. The van der Waals surface area contributed by atoms with Gasteiger partial charge in [0.2, 0.25) is 16.0 Å². The van der Waals surface area contributed by atoms with Gasteiger partial charge < -0.3 is 20.4 Å². The quantitative estimate of drug-likeness (QED) is 0.423.